The topological polar surface area (TPSA) is 102 Å². The average molecular weight is 457 g/mol. The quantitative estimate of drug-likeness (QED) is 0.435. The lowest BCUT2D eigenvalue weighted by atomic mass is 10.0. The zero-order valence-corrected chi connectivity index (χ0v) is 19.2. The summed E-state index contributed by atoms with van der Waals surface area (Å²) in [6.45, 7) is 8.09. The van der Waals surface area contributed by atoms with E-state index in [0.29, 0.717) is 16.7 Å². The van der Waals surface area contributed by atoms with Crippen LogP contribution in [0.25, 0.3) is 22.3 Å². The summed E-state index contributed by atoms with van der Waals surface area (Å²) in [5.41, 5.74) is 9.03. The van der Waals surface area contributed by atoms with E-state index in [-0.39, 0.29) is 11.9 Å². The van der Waals surface area contributed by atoms with E-state index in [1.165, 1.54) is 0 Å². The SMILES string of the molecule is C=C(CC)N1CCCC(n2nc(-c3ccc(Oc4ccccc4)cc3)c3c(N)nc(=O)[nH]c32)C1. The van der Waals surface area contributed by atoms with Gasteiger partial charge in [0.05, 0.1) is 11.4 Å². The summed E-state index contributed by atoms with van der Waals surface area (Å²) in [7, 11) is 0. The van der Waals surface area contributed by atoms with Gasteiger partial charge in [-0.2, -0.15) is 10.1 Å². The van der Waals surface area contributed by atoms with Gasteiger partial charge in [0.25, 0.3) is 0 Å². The molecule has 0 aliphatic carbocycles. The Balaban J connectivity index is 1.53. The molecule has 1 fully saturated rings. The average Bonchev–Trinajstić information content (AvgIpc) is 3.24. The normalized spacial score (nSPS) is 16.0. The molecule has 0 bridgehead atoms. The molecule has 3 N–H and O–H groups in total. The number of aromatic nitrogens is 4. The third kappa shape index (κ3) is 4.14. The van der Waals surface area contributed by atoms with Gasteiger partial charge < -0.3 is 15.4 Å². The number of fused-ring (bicyclic) bond motifs is 1. The zero-order valence-electron chi connectivity index (χ0n) is 19.2. The largest absolute Gasteiger partial charge is 0.457 e. The number of likely N-dealkylation sites (tertiary alicyclic amines) is 1. The predicted molar refractivity (Wildman–Crippen MR) is 134 cm³/mol. The van der Waals surface area contributed by atoms with Crippen LogP contribution in [0.3, 0.4) is 0 Å². The minimum atomic E-state index is -0.477. The number of rotatable bonds is 6. The van der Waals surface area contributed by atoms with Gasteiger partial charge in [-0.15, -0.1) is 0 Å². The van der Waals surface area contributed by atoms with Crippen molar-refractivity contribution >= 4 is 16.9 Å². The van der Waals surface area contributed by atoms with Crippen molar-refractivity contribution in [3.8, 4) is 22.8 Å². The number of hydrogen-bond acceptors (Lipinski definition) is 6. The highest BCUT2D eigenvalue weighted by molar-refractivity contribution is 5.98. The van der Waals surface area contributed by atoms with E-state index in [2.05, 4.69) is 28.4 Å². The van der Waals surface area contributed by atoms with Crippen LogP contribution < -0.4 is 16.2 Å². The van der Waals surface area contributed by atoms with Crippen LogP contribution in [0, 0.1) is 0 Å². The number of ether oxygens (including phenoxy) is 1. The molecule has 8 heteroatoms. The molecule has 1 aliphatic rings. The summed E-state index contributed by atoms with van der Waals surface area (Å²) in [6.07, 6.45) is 2.89. The third-order valence-electron chi connectivity index (χ3n) is 6.32. The lowest BCUT2D eigenvalue weighted by Gasteiger charge is -2.35. The maximum Gasteiger partial charge on any atom is 0.348 e. The number of piperidine rings is 1. The molecular weight excluding hydrogens is 428 g/mol. The Morgan fingerprint density at radius 3 is 2.65 bits per heavy atom. The van der Waals surface area contributed by atoms with E-state index in [4.69, 9.17) is 15.6 Å². The first-order valence-electron chi connectivity index (χ1n) is 11.6. The van der Waals surface area contributed by atoms with E-state index in [1.807, 2.05) is 59.3 Å². The number of nitrogens with two attached hydrogens (primary N) is 1. The number of para-hydroxylation sites is 1. The zero-order chi connectivity index (χ0) is 23.7. The second kappa shape index (κ2) is 9.05. The molecule has 0 saturated carbocycles. The van der Waals surface area contributed by atoms with E-state index in [1.54, 1.807) is 0 Å². The summed E-state index contributed by atoms with van der Waals surface area (Å²) in [4.78, 5) is 21.3. The number of nitrogens with one attached hydrogen (secondary N) is 1. The Hall–Kier alpha value is -4.07. The smallest absolute Gasteiger partial charge is 0.348 e. The Bertz CT molecular complexity index is 1370. The number of anilines is 1. The maximum atomic E-state index is 12.2. The Morgan fingerprint density at radius 2 is 1.91 bits per heavy atom. The minimum absolute atomic E-state index is 0.0893. The molecule has 2 aromatic heterocycles. The summed E-state index contributed by atoms with van der Waals surface area (Å²) in [5, 5.41) is 5.60. The molecule has 0 amide bonds. The first kappa shape index (κ1) is 21.8. The molecule has 1 unspecified atom stereocenters. The van der Waals surface area contributed by atoms with Crippen LogP contribution in [0.5, 0.6) is 11.5 Å². The van der Waals surface area contributed by atoms with Crippen molar-refractivity contribution in [3.63, 3.8) is 0 Å². The fourth-order valence-corrected chi connectivity index (χ4v) is 4.53. The number of nitrogens with zero attached hydrogens (tertiary/aromatic N) is 4. The number of benzene rings is 2. The Morgan fingerprint density at radius 1 is 1.18 bits per heavy atom. The van der Waals surface area contributed by atoms with Crippen molar-refractivity contribution in [2.45, 2.75) is 32.2 Å². The van der Waals surface area contributed by atoms with E-state index < -0.39 is 5.69 Å². The molecule has 1 atom stereocenters. The number of aromatic amines is 1. The van der Waals surface area contributed by atoms with Crippen LogP contribution in [0.15, 0.2) is 71.7 Å². The van der Waals surface area contributed by atoms with Gasteiger partial charge in [0.15, 0.2) is 0 Å². The fraction of sp³-hybridized carbons (Fsp3) is 0.269. The van der Waals surface area contributed by atoms with Gasteiger partial charge in [-0.05, 0) is 55.7 Å². The molecule has 174 valence electrons. The van der Waals surface area contributed by atoms with Gasteiger partial charge in [-0.3, -0.25) is 4.98 Å². The van der Waals surface area contributed by atoms with E-state index in [9.17, 15) is 4.79 Å². The minimum Gasteiger partial charge on any atom is -0.457 e. The summed E-state index contributed by atoms with van der Waals surface area (Å²) < 4.78 is 7.83. The number of H-pyrrole nitrogens is 1. The van der Waals surface area contributed by atoms with Gasteiger partial charge >= 0.3 is 5.69 Å². The second-order valence-electron chi connectivity index (χ2n) is 8.55. The first-order valence-corrected chi connectivity index (χ1v) is 11.6. The van der Waals surface area contributed by atoms with Crippen molar-refractivity contribution in [1.29, 1.82) is 0 Å². The predicted octanol–water partition coefficient (Wildman–Crippen LogP) is 4.72. The van der Waals surface area contributed by atoms with Crippen LogP contribution in [0.1, 0.15) is 32.2 Å². The van der Waals surface area contributed by atoms with Crippen LogP contribution in [-0.4, -0.2) is 37.7 Å². The van der Waals surface area contributed by atoms with Gasteiger partial charge in [-0.25, -0.2) is 9.48 Å². The van der Waals surface area contributed by atoms with Crippen LogP contribution in [-0.2, 0) is 0 Å². The van der Waals surface area contributed by atoms with Crippen LogP contribution in [0.4, 0.5) is 5.82 Å². The van der Waals surface area contributed by atoms with Gasteiger partial charge in [0, 0.05) is 24.4 Å². The highest BCUT2D eigenvalue weighted by atomic mass is 16.5. The molecular formula is C26H28N6O2. The molecule has 3 heterocycles. The summed E-state index contributed by atoms with van der Waals surface area (Å²) in [6, 6.07) is 17.4. The number of hydrogen-bond donors (Lipinski definition) is 2. The molecule has 2 aromatic carbocycles. The highest BCUT2D eigenvalue weighted by Gasteiger charge is 2.27. The van der Waals surface area contributed by atoms with E-state index in [0.717, 1.165) is 55.1 Å². The Labute approximate surface area is 197 Å². The van der Waals surface area contributed by atoms with Crippen molar-refractivity contribution in [2.75, 3.05) is 18.8 Å². The van der Waals surface area contributed by atoms with Crippen LogP contribution >= 0.6 is 0 Å². The molecule has 1 saturated heterocycles. The lowest BCUT2D eigenvalue weighted by molar-refractivity contribution is 0.209. The van der Waals surface area contributed by atoms with E-state index >= 15 is 0 Å². The number of allylic oxidation sites excluding steroid dienone is 1. The molecule has 34 heavy (non-hydrogen) atoms. The Kier molecular flexibility index (Phi) is 5.79. The van der Waals surface area contributed by atoms with Crippen molar-refractivity contribution in [3.05, 3.63) is 77.4 Å². The fourth-order valence-electron chi connectivity index (χ4n) is 4.53. The molecule has 8 nitrogen and oxygen atoms in total. The third-order valence-corrected chi connectivity index (χ3v) is 6.32. The standard InChI is InChI=1S/C26H28N6O2/c1-3-17(2)31-15-7-8-19(16-31)32-25-22(24(27)28-26(33)29-25)23(30-32)18-11-13-21(14-12-18)34-20-9-5-4-6-10-20/h4-6,9-14,19H,2-3,7-8,15-16H2,1H3,(H3,27,28,29,33). The van der Waals surface area contributed by atoms with Crippen molar-refractivity contribution in [1.82, 2.24) is 24.6 Å². The van der Waals surface area contributed by atoms with Gasteiger partial charge in [0.2, 0.25) is 0 Å². The van der Waals surface area contributed by atoms with Gasteiger partial charge in [-0.1, -0.05) is 31.7 Å². The van der Waals surface area contributed by atoms with Crippen molar-refractivity contribution < 1.29 is 4.74 Å². The highest BCUT2D eigenvalue weighted by Crippen LogP contribution is 2.35. The lowest BCUT2D eigenvalue weighted by Crippen LogP contribution is -2.36. The molecule has 5 rings (SSSR count). The summed E-state index contributed by atoms with van der Waals surface area (Å²) in [5.74, 6) is 1.67. The monoisotopic (exact) mass is 456 g/mol. The molecule has 4 aromatic rings. The molecule has 0 spiro atoms. The molecule has 1 aliphatic heterocycles. The van der Waals surface area contributed by atoms with Crippen molar-refractivity contribution in [2.24, 2.45) is 0 Å². The van der Waals surface area contributed by atoms with Gasteiger partial charge in [0.1, 0.15) is 28.7 Å². The first-order chi connectivity index (χ1) is 16.5. The number of nitrogen functional groups attached to an aromatic ring is 1. The maximum absolute atomic E-state index is 12.2. The van der Waals surface area contributed by atoms with Crippen LogP contribution in [0.2, 0.25) is 0 Å². The summed E-state index contributed by atoms with van der Waals surface area (Å²) >= 11 is 0. The molecule has 0 radical (unpaired) electrons. The second-order valence-corrected chi connectivity index (χ2v) is 8.55.